The van der Waals surface area contributed by atoms with E-state index in [-0.39, 0.29) is 22.5 Å². The van der Waals surface area contributed by atoms with E-state index in [9.17, 15) is 53.4 Å². The molecule has 2 saturated heterocycles. The van der Waals surface area contributed by atoms with Gasteiger partial charge in [-0.2, -0.15) is 4.57 Å². The molecular weight excluding hydrogens is 715 g/mol. The first-order valence-corrected chi connectivity index (χ1v) is 17.7. The Labute approximate surface area is 267 Å². The van der Waals surface area contributed by atoms with Gasteiger partial charge >= 0.3 is 0 Å². The van der Waals surface area contributed by atoms with Gasteiger partial charge in [0.05, 0.1) is 27.4 Å². The molecule has 3 aromatic rings. The van der Waals surface area contributed by atoms with E-state index in [0.717, 1.165) is 17.2 Å². The molecule has 2 aliphatic rings. The van der Waals surface area contributed by atoms with Crippen LogP contribution in [0.2, 0.25) is 0 Å². The number of aliphatic hydroxyl groups is 3. The number of fused-ring (bicyclic) bond motifs is 1. The van der Waals surface area contributed by atoms with Gasteiger partial charge in [0.15, 0.2) is 36.2 Å². The van der Waals surface area contributed by atoms with Crippen molar-refractivity contribution in [2.24, 2.45) is 5.73 Å². The second-order valence-electron chi connectivity index (χ2n) is 10.2. The van der Waals surface area contributed by atoms with Crippen LogP contribution in [-0.2, 0) is 41.1 Å². The number of nitrogen functional groups attached to an aromatic ring is 1. The number of aliphatic hydroxyl groups excluding tert-OH is 3. The smallest absolute Gasteiger partial charge is 0.292 e. The predicted molar refractivity (Wildman–Crippen MR) is 141 cm³/mol. The predicted octanol–water partition coefficient (Wildman–Crippen LogP) is -5.43. The Kier molecular flexibility index (Phi) is 10.5. The topological polar surface area (TPSA) is 376 Å². The van der Waals surface area contributed by atoms with Crippen molar-refractivity contribution in [1.29, 1.82) is 0 Å². The van der Waals surface area contributed by atoms with Crippen LogP contribution in [0.3, 0.4) is 0 Å². The molecule has 27 heteroatoms. The number of ether oxygens (including phenoxy) is 2. The molecule has 0 radical (unpaired) electrons. The fourth-order valence-corrected chi connectivity index (χ4v) is 7.40. The molecule has 0 bridgehead atoms. The summed E-state index contributed by atoms with van der Waals surface area (Å²) in [6.07, 6.45) is -9.24. The highest BCUT2D eigenvalue weighted by Crippen LogP contribution is 2.56. The minimum atomic E-state index is -5.90. The summed E-state index contributed by atoms with van der Waals surface area (Å²) < 4.78 is 66.7. The molecular formula is C21H25N7O17P3-3. The Morgan fingerprint density at radius 1 is 0.979 bits per heavy atom. The second-order valence-corrected chi connectivity index (χ2v) is 14.2. The van der Waals surface area contributed by atoms with Crippen LogP contribution in [0, 0.1) is 0 Å². The van der Waals surface area contributed by atoms with E-state index in [2.05, 4.69) is 32.8 Å². The number of nitrogens with zero attached hydrogens (tertiary/aromatic N) is 5. The molecule has 5 rings (SSSR count). The molecule has 2 fully saturated rings. The normalized spacial score (nSPS) is 30.3. The van der Waals surface area contributed by atoms with Gasteiger partial charge in [0.2, 0.25) is 0 Å². The van der Waals surface area contributed by atoms with Crippen molar-refractivity contribution in [3.05, 3.63) is 42.7 Å². The molecule has 0 saturated carbocycles. The third-order valence-electron chi connectivity index (χ3n) is 6.95. The monoisotopic (exact) mass is 740 g/mol. The Morgan fingerprint density at radius 3 is 2.29 bits per heavy atom. The summed E-state index contributed by atoms with van der Waals surface area (Å²) in [6, 6.07) is 2.74. The van der Waals surface area contributed by atoms with Crippen LogP contribution < -0.4 is 35.6 Å². The number of pyridine rings is 1. The highest BCUT2D eigenvalue weighted by atomic mass is 31.3. The van der Waals surface area contributed by atoms with E-state index in [0.29, 0.717) is 0 Å². The first-order chi connectivity index (χ1) is 22.4. The highest BCUT2D eigenvalue weighted by Gasteiger charge is 2.49. The maximum absolute atomic E-state index is 12.4. The fraction of sp³-hybridized carbons (Fsp3) is 0.476. The standard InChI is InChI=1S/C21H28N7O17P3/c22-17-12-19(25-7-24-17)28(8-26-12)21-15(31)16(44-46(33,34)35)11(43-21)6-41-48(38,39)45-47(36,37)40-5-10-13(29)14(30)20(42-10)27-3-1-2-9(4-27)18(23)32/h1-4,7-8,10-11,13-16,20-21,29-31H,5-6H2,(H7-,22,23,24,25,32,33,34,35,36,37,38,39)/p-3/t10-,11-,13-,14-,15-,16-,20-,21-/m1/s1. The van der Waals surface area contributed by atoms with Gasteiger partial charge in [-0.15, -0.1) is 0 Å². The first kappa shape index (κ1) is 36.4. The Bertz CT molecular complexity index is 1810. The Balaban J connectivity index is 1.22. The van der Waals surface area contributed by atoms with Crippen molar-refractivity contribution in [1.82, 2.24) is 19.5 Å². The highest BCUT2D eigenvalue weighted by molar-refractivity contribution is 7.59. The number of phosphoric ester groups is 3. The number of carbonyl (C=O) groups is 1. The number of amides is 1. The second kappa shape index (κ2) is 13.8. The van der Waals surface area contributed by atoms with Crippen molar-refractivity contribution >= 4 is 46.4 Å². The molecule has 7 N–H and O–H groups in total. The van der Waals surface area contributed by atoms with Crippen LogP contribution in [0.15, 0.2) is 37.2 Å². The van der Waals surface area contributed by atoms with E-state index in [1.165, 1.54) is 29.1 Å². The number of anilines is 1. The van der Waals surface area contributed by atoms with Gasteiger partial charge in [0.25, 0.3) is 27.8 Å². The molecule has 0 aromatic carbocycles. The van der Waals surface area contributed by atoms with Crippen molar-refractivity contribution in [3.63, 3.8) is 0 Å². The number of rotatable bonds is 13. The maximum Gasteiger partial charge on any atom is 0.292 e. The lowest BCUT2D eigenvalue weighted by Crippen LogP contribution is -2.46. The number of nitrogens with two attached hydrogens (primary N) is 2. The first-order valence-electron chi connectivity index (χ1n) is 13.3. The summed E-state index contributed by atoms with van der Waals surface area (Å²) in [5.41, 5.74) is 11.0. The molecule has 2 aliphatic heterocycles. The van der Waals surface area contributed by atoms with Crippen molar-refractivity contribution in [2.45, 2.75) is 49.1 Å². The van der Waals surface area contributed by atoms with E-state index in [4.69, 9.17) is 20.9 Å². The number of hydrogen-bond acceptors (Lipinski definition) is 21. The lowest BCUT2D eigenvalue weighted by atomic mass is 10.1. The number of aromatic nitrogens is 5. The quantitative estimate of drug-likeness (QED) is 0.0806. The largest absolute Gasteiger partial charge is 0.790 e. The number of primary amides is 1. The van der Waals surface area contributed by atoms with E-state index < -0.39 is 91.7 Å². The molecule has 2 unspecified atom stereocenters. The third kappa shape index (κ3) is 8.12. The molecule has 24 nitrogen and oxygen atoms in total. The summed E-state index contributed by atoms with van der Waals surface area (Å²) in [5, 5.41) is 31.5. The van der Waals surface area contributed by atoms with Crippen LogP contribution in [0.4, 0.5) is 5.82 Å². The minimum Gasteiger partial charge on any atom is -0.790 e. The van der Waals surface area contributed by atoms with Crippen molar-refractivity contribution < 1.29 is 85.3 Å². The van der Waals surface area contributed by atoms with Crippen LogP contribution in [0.25, 0.3) is 11.2 Å². The van der Waals surface area contributed by atoms with Gasteiger partial charge in [0.1, 0.15) is 47.9 Å². The number of hydrogen-bond donors (Lipinski definition) is 5. The van der Waals surface area contributed by atoms with Gasteiger partial charge in [0, 0.05) is 6.07 Å². The zero-order valence-electron chi connectivity index (χ0n) is 23.8. The third-order valence-corrected chi connectivity index (χ3v) is 9.99. The SMILES string of the molecule is NC(=O)c1ccc[n+]([C@@H]2O[C@H](COP(=O)([O-])OP(=O)([O-])OC[C@H]3O[C@@H](n4cnc5c(N)ncnc54)[C@H](O)[C@@H]3OP(=O)([O-])[O-])[C@@H](O)[C@H]2O)c1. The van der Waals surface area contributed by atoms with Gasteiger partial charge in [-0.05, 0) is 6.07 Å². The molecule has 5 heterocycles. The number of phosphoric acid groups is 3. The summed E-state index contributed by atoms with van der Waals surface area (Å²) in [6.45, 7) is -2.33. The molecule has 3 aromatic heterocycles. The lowest BCUT2D eigenvalue weighted by Gasteiger charge is -2.35. The van der Waals surface area contributed by atoms with E-state index in [1.807, 2.05) is 0 Å². The Morgan fingerprint density at radius 2 is 1.65 bits per heavy atom. The summed E-state index contributed by atoms with van der Waals surface area (Å²) >= 11 is 0. The molecule has 0 aliphatic carbocycles. The molecule has 48 heavy (non-hydrogen) atoms. The van der Waals surface area contributed by atoms with Crippen LogP contribution in [-0.4, -0.2) is 90.6 Å². The summed E-state index contributed by atoms with van der Waals surface area (Å²) in [4.78, 5) is 70.6. The average molecular weight is 740 g/mol. The van der Waals surface area contributed by atoms with Crippen LogP contribution in [0.5, 0.6) is 0 Å². The maximum atomic E-state index is 12.4. The minimum absolute atomic E-state index is 0.0158. The average Bonchev–Trinajstić information content (AvgIpc) is 3.64. The summed E-state index contributed by atoms with van der Waals surface area (Å²) in [7, 11) is -17.6. The van der Waals surface area contributed by atoms with E-state index in [1.54, 1.807) is 0 Å². The molecule has 10 atom stereocenters. The van der Waals surface area contributed by atoms with Crippen LogP contribution in [0.1, 0.15) is 22.8 Å². The number of imidazole rings is 1. The zero-order valence-corrected chi connectivity index (χ0v) is 26.5. The van der Waals surface area contributed by atoms with E-state index >= 15 is 0 Å². The fourth-order valence-electron chi connectivity index (χ4n) is 4.83. The van der Waals surface area contributed by atoms with Crippen molar-refractivity contribution in [2.75, 3.05) is 18.9 Å². The van der Waals surface area contributed by atoms with Gasteiger partial charge in [-0.1, -0.05) is 0 Å². The molecule has 0 spiro atoms. The van der Waals surface area contributed by atoms with Crippen molar-refractivity contribution in [3.8, 4) is 0 Å². The zero-order chi connectivity index (χ0) is 35.2. The Hall–Kier alpha value is -2.86. The summed E-state index contributed by atoms with van der Waals surface area (Å²) in [5.74, 6) is -0.886. The van der Waals surface area contributed by atoms with Crippen LogP contribution >= 0.6 is 23.5 Å². The van der Waals surface area contributed by atoms with Gasteiger partial charge in [-0.3, -0.25) is 18.5 Å². The van der Waals surface area contributed by atoms with Gasteiger partial charge in [-0.25, -0.2) is 19.3 Å². The lowest BCUT2D eigenvalue weighted by molar-refractivity contribution is -0.765. The number of carbonyl (C=O) groups excluding carboxylic acids is 1. The van der Waals surface area contributed by atoms with Gasteiger partial charge < -0.3 is 74.0 Å². The molecule has 1 amide bonds. The molecule has 264 valence electrons.